The normalized spacial score (nSPS) is 27.3. The van der Waals surface area contributed by atoms with Crippen molar-refractivity contribution in [2.45, 2.75) is 50.4 Å². The van der Waals surface area contributed by atoms with Crippen molar-refractivity contribution >= 4 is 17.4 Å². The molecule has 1 aliphatic heterocycles. The second-order valence-corrected chi connectivity index (χ2v) is 11.5. The van der Waals surface area contributed by atoms with Gasteiger partial charge in [0.25, 0.3) is 11.8 Å². The quantitative estimate of drug-likeness (QED) is 0.301. The number of benzene rings is 1. The Hall–Kier alpha value is -3.74. The lowest BCUT2D eigenvalue weighted by atomic mass is 9.59. The Labute approximate surface area is 233 Å². The van der Waals surface area contributed by atoms with E-state index in [0.29, 0.717) is 23.4 Å². The first-order valence-electron chi connectivity index (χ1n) is 13.5. The number of primary amides is 1. The molecule has 7 N–H and O–H groups in total. The van der Waals surface area contributed by atoms with Crippen LogP contribution in [0.4, 0.5) is 8.78 Å². The van der Waals surface area contributed by atoms with E-state index in [9.17, 15) is 43.9 Å². The molecule has 1 aromatic heterocycles. The molecule has 10 nitrogen and oxygen atoms in total. The summed E-state index contributed by atoms with van der Waals surface area (Å²) in [6.07, 6.45) is 1.18. The van der Waals surface area contributed by atoms with Crippen molar-refractivity contribution in [3.8, 4) is 17.1 Å². The Balaban J connectivity index is 1.39. The molecule has 1 saturated carbocycles. The number of fused-ring (bicyclic) bond motifs is 3. The minimum absolute atomic E-state index is 0.00585. The number of halogens is 2. The molecule has 2 aromatic rings. The van der Waals surface area contributed by atoms with Gasteiger partial charge in [0, 0.05) is 55.6 Å². The zero-order valence-electron chi connectivity index (χ0n) is 21.9. The summed E-state index contributed by atoms with van der Waals surface area (Å²) in [6, 6.07) is 4.73. The third-order valence-electron chi connectivity index (χ3n) is 9.01. The van der Waals surface area contributed by atoms with Crippen molar-refractivity contribution in [1.29, 1.82) is 0 Å². The minimum atomic E-state index is -3.04. The van der Waals surface area contributed by atoms with E-state index >= 15 is 0 Å². The van der Waals surface area contributed by atoms with Crippen molar-refractivity contribution in [2.24, 2.45) is 23.5 Å². The number of likely N-dealkylation sites (tertiary alicyclic amines) is 1. The molecule has 0 bridgehead atoms. The third-order valence-corrected chi connectivity index (χ3v) is 9.01. The van der Waals surface area contributed by atoms with Crippen LogP contribution in [-0.2, 0) is 22.6 Å². The summed E-state index contributed by atoms with van der Waals surface area (Å²) in [5.41, 5.74) is 6.12. The standard InChI is InChI=1S/C29H30F2N2O8/c30-28(31)4-6-33(7-5-28)12-13-3-8-41-26(13)16-1-2-18(34)21-17(16)10-14-9-15-11-19(35)23(27(32)38)29(39,40)22(15)25(37)20(14)24(21)36/h1-3,8,14-15,22,34-36,39-40H,4-7,9-12H2,(H2,32,38). The zero-order chi connectivity index (χ0) is 29.4. The van der Waals surface area contributed by atoms with E-state index in [-0.39, 0.29) is 62.1 Å². The van der Waals surface area contributed by atoms with Gasteiger partial charge in [-0.2, -0.15) is 0 Å². The largest absolute Gasteiger partial charge is 0.512 e. The predicted molar refractivity (Wildman–Crippen MR) is 139 cm³/mol. The number of phenols is 1. The van der Waals surface area contributed by atoms with Crippen LogP contribution in [0.5, 0.6) is 5.75 Å². The maximum atomic E-state index is 13.7. The third kappa shape index (κ3) is 4.32. The van der Waals surface area contributed by atoms with Gasteiger partial charge in [-0.1, -0.05) is 0 Å². The van der Waals surface area contributed by atoms with E-state index in [1.807, 2.05) is 4.90 Å². The number of aromatic hydroxyl groups is 1. The first kappa shape index (κ1) is 27.4. The molecule has 2 heterocycles. The van der Waals surface area contributed by atoms with Gasteiger partial charge in [-0.3, -0.25) is 14.5 Å². The fourth-order valence-electron chi connectivity index (χ4n) is 7.13. The number of aliphatic hydroxyl groups excluding tert-OH is 2. The van der Waals surface area contributed by atoms with E-state index in [4.69, 9.17) is 10.2 Å². The lowest BCUT2D eigenvalue weighted by molar-refractivity contribution is -0.197. The van der Waals surface area contributed by atoms with Crippen LogP contribution in [0, 0.1) is 17.8 Å². The van der Waals surface area contributed by atoms with E-state index < -0.39 is 58.2 Å². The Kier molecular flexibility index (Phi) is 6.29. The minimum Gasteiger partial charge on any atom is -0.512 e. The molecule has 6 rings (SSSR count). The van der Waals surface area contributed by atoms with Gasteiger partial charge in [-0.05, 0) is 48.4 Å². The molecule has 3 atom stereocenters. The van der Waals surface area contributed by atoms with Crippen LogP contribution in [0.3, 0.4) is 0 Å². The Bertz CT molecular complexity index is 1510. The van der Waals surface area contributed by atoms with Gasteiger partial charge in [0.05, 0.1) is 17.7 Å². The van der Waals surface area contributed by atoms with Gasteiger partial charge >= 0.3 is 0 Å². The molecule has 3 unspecified atom stereocenters. The number of nitrogens with zero attached hydrogens (tertiary/aromatic N) is 1. The number of piperidine rings is 1. The summed E-state index contributed by atoms with van der Waals surface area (Å²) in [6.45, 7) is 0.807. The number of amides is 1. The molecule has 12 heteroatoms. The first-order chi connectivity index (χ1) is 19.3. The fourth-order valence-corrected chi connectivity index (χ4v) is 7.13. The lowest BCUT2D eigenvalue weighted by Crippen LogP contribution is -2.57. The number of ketones is 1. The van der Waals surface area contributed by atoms with Crippen molar-refractivity contribution < 1.29 is 48.3 Å². The summed E-state index contributed by atoms with van der Waals surface area (Å²) < 4.78 is 33.2. The lowest BCUT2D eigenvalue weighted by Gasteiger charge is -2.46. The number of alkyl halides is 2. The number of carbonyl (C=O) groups excluding carboxylic acids is 2. The SMILES string of the molecule is NC(=O)C1=C(O)CC2CC3Cc4c(-c5occc5CN5CCC(F)(F)CC5)ccc(O)c4C(O)=C3C(=O)C2C1(O)O. The van der Waals surface area contributed by atoms with Crippen LogP contribution < -0.4 is 5.73 Å². The highest BCUT2D eigenvalue weighted by atomic mass is 19.3. The number of furan rings is 1. The number of rotatable bonds is 4. The van der Waals surface area contributed by atoms with E-state index in [0.717, 1.165) is 5.56 Å². The summed E-state index contributed by atoms with van der Waals surface area (Å²) in [5.74, 6) is -11.7. The number of phenolic OH excluding ortho intramolecular Hbond substituents is 1. The molecule has 218 valence electrons. The number of Topliss-reactive ketones (excluding diaryl/α,β-unsaturated/α-hetero) is 1. The average Bonchev–Trinajstić information content (AvgIpc) is 3.32. The van der Waals surface area contributed by atoms with Gasteiger partial charge in [-0.25, -0.2) is 8.78 Å². The number of carbonyl (C=O) groups is 2. The van der Waals surface area contributed by atoms with Crippen LogP contribution in [-0.4, -0.2) is 66.9 Å². The zero-order valence-corrected chi connectivity index (χ0v) is 21.9. The number of hydrogen-bond donors (Lipinski definition) is 6. The van der Waals surface area contributed by atoms with Gasteiger partial charge in [0.2, 0.25) is 5.79 Å². The number of hydrogen-bond acceptors (Lipinski definition) is 9. The molecule has 41 heavy (non-hydrogen) atoms. The van der Waals surface area contributed by atoms with Gasteiger partial charge < -0.3 is 35.7 Å². The van der Waals surface area contributed by atoms with Crippen molar-refractivity contribution in [2.75, 3.05) is 13.1 Å². The molecule has 2 fully saturated rings. The molecule has 1 saturated heterocycles. The van der Waals surface area contributed by atoms with Crippen molar-refractivity contribution in [3.05, 3.63) is 58.1 Å². The smallest absolute Gasteiger partial charge is 0.253 e. The molecule has 4 aliphatic rings. The summed E-state index contributed by atoms with van der Waals surface area (Å²) in [7, 11) is 0. The molecule has 0 radical (unpaired) electrons. The van der Waals surface area contributed by atoms with Crippen molar-refractivity contribution in [1.82, 2.24) is 4.90 Å². The highest BCUT2D eigenvalue weighted by Gasteiger charge is 2.58. The monoisotopic (exact) mass is 572 g/mol. The van der Waals surface area contributed by atoms with Crippen LogP contribution in [0.15, 0.2) is 45.8 Å². The molecule has 3 aliphatic carbocycles. The summed E-state index contributed by atoms with van der Waals surface area (Å²) in [5, 5.41) is 54.2. The van der Waals surface area contributed by atoms with Crippen LogP contribution in [0.1, 0.15) is 42.4 Å². The highest BCUT2D eigenvalue weighted by molar-refractivity contribution is 6.08. The average molecular weight is 573 g/mol. The molecule has 1 amide bonds. The Morgan fingerprint density at radius 2 is 1.80 bits per heavy atom. The number of aliphatic hydroxyl groups is 4. The summed E-state index contributed by atoms with van der Waals surface area (Å²) >= 11 is 0. The van der Waals surface area contributed by atoms with Gasteiger partial charge in [0.1, 0.15) is 28.6 Å². The van der Waals surface area contributed by atoms with Crippen LogP contribution in [0.25, 0.3) is 17.1 Å². The maximum absolute atomic E-state index is 13.7. The number of allylic oxidation sites excluding steroid dienone is 2. The highest BCUT2D eigenvalue weighted by Crippen LogP contribution is 2.54. The second kappa shape index (κ2) is 9.40. The van der Waals surface area contributed by atoms with E-state index in [1.54, 1.807) is 12.1 Å². The Morgan fingerprint density at radius 3 is 2.49 bits per heavy atom. The van der Waals surface area contributed by atoms with E-state index in [1.165, 1.54) is 12.3 Å². The Morgan fingerprint density at radius 1 is 1.10 bits per heavy atom. The van der Waals surface area contributed by atoms with Gasteiger partial charge in [-0.15, -0.1) is 0 Å². The fraction of sp³-hybridized carbons (Fsp3) is 0.448. The predicted octanol–water partition coefficient (Wildman–Crippen LogP) is 2.91. The number of nitrogens with two attached hydrogens (primary N) is 1. The molecule has 0 spiro atoms. The van der Waals surface area contributed by atoms with Crippen molar-refractivity contribution in [3.63, 3.8) is 0 Å². The van der Waals surface area contributed by atoms with Crippen LogP contribution >= 0.6 is 0 Å². The molecular weight excluding hydrogens is 542 g/mol. The first-order valence-corrected chi connectivity index (χ1v) is 13.5. The maximum Gasteiger partial charge on any atom is 0.253 e. The summed E-state index contributed by atoms with van der Waals surface area (Å²) in [4.78, 5) is 27.5. The molecular formula is C29H30F2N2O8. The van der Waals surface area contributed by atoms with Gasteiger partial charge in [0.15, 0.2) is 5.78 Å². The molecule has 1 aromatic carbocycles. The second-order valence-electron chi connectivity index (χ2n) is 11.5. The topological polar surface area (TPSA) is 178 Å². The van der Waals surface area contributed by atoms with Crippen LogP contribution in [0.2, 0.25) is 0 Å². The van der Waals surface area contributed by atoms with E-state index in [2.05, 4.69) is 0 Å².